The van der Waals surface area contributed by atoms with Crippen LogP contribution in [-0.2, 0) is 19.5 Å². The van der Waals surface area contributed by atoms with Gasteiger partial charge < -0.3 is 14.0 Å². The largest absolute Gasteiger partial charge is 0.493 e. The second kappa shape index (κ2) is 14.2. The van der Waals surface area contributed by atoms with E-state index in [0.29, 0.717) is 61.7 Å². The Kier molecular flexibility index (Phi) is 9.41. The zero-order valence-electron chi connectivity index (χ0n) is 27.7. The number of nitrogens with one attached hydrogen (secondary N) is 1. The predicted molar refractivity (Wildman–Crippen MR) is 182 cm³/mol. The first kappa shape index (κ1) is 32.5. The maximum Gasteiger partial charge on any atom is 0.331 e. The number of rotatable bonds is 17. The smallest absolute Gasteiger partial charge is 0.331 e. The lowest BCUT2D eigenvalue weighted by atomic mass is 9.94. The number of aromatic nitrogens is 7. The number of hydrogen-bond donors (Lipinski definition) is 1. The number of ether oxygens (including phenoxy) is 2. The standard InChI is InChI=1S/C36H41N7O6/c1-24-10-2-3-12-27(24)47-22-9-23-48-34-39-29-30(31(44)40-34)42(21-8-16-36(17-18-36)25-14-15-25)35(46)43(33(29)45)20-7-5-13-28-38-32(49-41-28)26-11-4-6-19-37-26/h2-4,6,10-12,19,25H,5,7-9,13-18,20-23H2,1H3,(H,39,40,44). The Labute approximate surface area is 282 Å². The van der Waals surface area contributed by atoms with Crippen molar-refractivity contribution in [2.45, 2.75) is 84.2 Å². The molecule has 2 saturated carbocycles. The molecule has 4 aromatic heterocycles. The highest BCUT2D eigenvalue weighted by Gasteiger charge is 2.52. The first-order chi connectivity index (χ1) is 23.9. The van der Waals surface area contributed by atoms with Crippen LogP contribution in [0.5, 0.6) is 11.8 Å². The number of fused-ring (bicyclic) bond motifs is 1. The molecule has 4 heterocycles. The average Bonchev–Trinajstić information content (AvgIpc) is 4.05. The molecule has 0 bridgehead atoms. The lowest BCUT2D eigenvalue weighted by molar-refractivity contribution is 0.235. The van der Waals surface area contributed by atoms with Gasteiger partial charge in [-0.25, -0.2) is 4.79 Å². The summed E-state index contributed by atoms with van der Waals surface area (Å²) in [5, 5.41) is 4.05. The minimum atomic E-state index is -0.608. The SMILES string of the molecule is Cc1ccccc1OCCCOc1nc2c(=O)n(CCCCc3noc(-c4ccccn4)n3)c(=O)n(CCCC3(C4CC4)CC3)c2c(=O)[nH]1. The maximum atomic E-state index is 13.8. The van der Waals surface area contributed by atoms with Crippen LogP contribution in [0.25, 0.3) is 22.6 Å². The molecule has 2 fully saturated rings. The third-order valence-corrected chi connectivity index (χ3v) is 9.71. The van der Waals surface area contributed by atoms with E-state index in [1.807, 2.05) is 43.3 Å². The van der Waals surface area contributed by atoms with Gasteiger partial charge in [0, 0.05) is 32.1 Å². The molecule has 5 aromatic rings. The molecule has 7 rings (SSSR count). The van der Waals surface area contributed by atoms with E-state index in [4.69, 9.17) is 14.0 Å². The Balaban J connectivity index is 1.06. The van der Waals surface area contributed by atoms with E-state index in [1.54, 1.807) is 12.3 Å². The summed E-state index contributed by atoms with van der Waals surface area (Å²) in [4.78, 5) is 56.7. The summed E-state index contributed by atoms with van der Waals surface area (Å²) in [5.41, 5.74) is 0.271. The van der Waals surface area contributed by atoms with Crippen molar-refractivity contribution in [1.82, 2.24) is 34.2 Å². The Hall–Kier alpha value is -5.07. The number of nitrogens with zero attached hydrogens (tertiary/aromatic N) is 6. The molecule has 0 spiro atoms. The van der Waals surface area contributed by atoms with E-state index in [9.17, 15) is 14.4 Å². The highest BCUT2D eigenvalue weighted by molar-refractivity contribution is 5.72. The van der Waals surface area contributed by atoms with Gasteiger partial charge in [-0.05, 0) is 93.4 Å². The summed E-state index contributed by atoms with van der Waals surface area (Å²) >= 11 is 0. The molecule has 0 saturated heterocycles. The summed E-state index contributed by atoms with van der Waals surface area (Å²) in [6, 6.07) is 13.1. The van der Waals surface area contributed by atoms with Crippen molar-refractivity contribution in [1.29, 1.82) is 0 Å². The van der Waals surface area contributed by atoms with Gasteiger partial charge in [0.05, 0.1) is 13.2 Å². The predicted octanol–water partition coefficient (Wildman–Crippen LogP) is 4.84. The van der Waals surface area contributed by atoms with E-state index >= 15 is 0 Å². The van der Waals surface area contributed by atoms with Crippen LogP contribution >= 0.6 is 0 Å². The van der Waals surface area contributed by atoms with Gasteiger partial charge in [-0.1, -0.05) is 29.4 Å². The normalized spacial score (nSPS) is 15.0. The molecule has 0 amide bonds. The van der Waals surface area contributed by atoms with Gasteiger partial charge in [-0.2, -0.15) is 9.97 Å². The lowest BCUT2D eigenvalue weighted by Crippen LogP contribution is -2.42. The molecule has 1 aromatic carbocycles. The minimum Gasteiger partial charge on any atom is -0.493 e. The first-order valence-electron chi connectivity index (χ1n) is 17.2. The summed E-state index contributed by atoms with van der Waals surface area (Å²) in [5.74, 6) is 2.45. The number of hydrogen-bond acceptors (Lipinski definition) is 10. The van der Waals surface area contributed by atoms with E-state index in [2.05, 4.69) is 25.1 Å². The molecule has 49 heavy (non-hydrogen) atoms. The second-order valence-electron chi connectivity index (χ2n) is 13.2. The van der Waals surface area contributed by atoms with E-state index in [-0.39, 0.29) is 30.2 Å². The highest BCUT2D eigenvalue weighted by atomic mass is 16.5. The molecule has 256 valence electrons. The molecule has 0 unspecified atom stereocenters. The van der Waals surface area contributed by atoms with Crippen LogP contribution in [0.3, 0.4) is 0 Å². The van der Waals surface area contributed by atoms with Crippen molar-refractivity contribution in [3.05, 3.63) is 91.2 Å². The zero-order valence-corrected chi connectivity index (χ0v) is 27.7. The van der Waals surface area contributed by atoms with Gasteiger partial charge in [0.2, 0.25) is 0 Å². The fraction of sp³-hybridized carbons (Fsp3) is 0.472. The lowest BCUT2D eigenvalue weighted by Gasteiger charge is -2.16. The first-order valence-corrected chi connectivity index (χ1v) is 17.2. The van der Waals surface area contributed by atoms with Crippen molar-refractivity contribution in [3.63, 3.8) is 0 Å². The van der Waals surface area contributed by atoms with Crippen LogP contribution in [0.1, 0.15) is 69.2 Å². The molecule has 0 radical (unpaired) electrons. The van der Waals surface area contributed by atoms with Gasteiger partial charge in [-0.3, -0.25) is 28.7 Å². The average molecular weight is 668 g/mol. The van der Waals surface area contributed by atoms with Crippen molar-refractivity contribution in [3.8, 4) is 23.3 Å². The molecule has 0 atom stereocenters. The van der Waals surface area contributed by atoms with Crippen molar-refractivity contribution in [2.75, 3.05) is 13.2 Å². The van der Waals surface area contributed by atoms with Crippen LogP contribution in [-0.4, -0.2) is 47.4 Å². The number of pyridine rings is 1. The molecule has 0 aliphatic heterocycles. The van der Waals surface area contributed by atoms with Gasteiger partial charge in [-0.15, -0.1) is 0 Å². The molecule has 1 N–H and O–H groups in total. The van der Waals surface area contributed by atoms with Crippen molar-refractivity contribution >= 4 is 11.0 Å². The van der Waals surface area contributed by atoms with E-state index in [1.165, 1.54) is 34.8 Å². The quantitative estimate of drug-likeness (QED) is 0.136. The number of aryl methyl sites for hydroxylation is 3. The van der Waals surface area contributed by atoms with Gasteiger partial charge in [0.1, 0.15) is 17.0 Å². The van der Waals surface area contributed by atoms with Crippen LogP contribution < -0.4 is 26.3 Å². The molecule has 2 aliphatic rings. The van der Waals surface area contributed by atoms with Gasteiger partial charge in [0.15, 0.2) is 11.3 Å². The minimum absolute atomic E-state index is 0.00778. The number of unbranched alkanes of at least 4 members (excludes halogenated alkanes) is 1. The molecule has 13 heteroatoms. The van der Waals surface area contributed by atoms with E-state index < -0.39 is 16.8 Å². The fourth-order valence-electron chi connectivity index (χ4n) is 6.71. The molecule has 13 nitrogen and oxygen atoms in total. The van der Waals surface area contributed by atoms with Crippen LogP contribution in [0, 0.1) is 18.3 Å². The van der Waals surface area contributed by atoms with Gasteiger partial charge >= 0.3 is 5.69 Å². The summed E-state index contributed by atoms with van der Waals surface area (Å²) in [6.07, 6.45) is 10.6. The van der Waals surface area contributed by atoms with Crippen LogP contribution in [0.2, 0.25) is 0 Å². The summed E-state index contributed by atoms with van der Waals surface area (Å²) < 4.78 is 19.6. The summed E-state index contributed by atoms with van der Waals surface area (Å²) in [6.45, 7) is 3.10. The third kappa shape index (κ3) is 7.35. The van der Waals surface area contributed by atoms with E-state index in [0.717, 1.165) is 30.1 Å². The van der Waals surface area contributed by atoms with Crippen LogP contribution in [0.15, 0.2) is 67.6 Å². The maximum absolute atomic E-state index is 13.8. The molecular formula is C36H41N7O6. The number of para-hydroxylation sites is 1. The Morgan fingerprint density at radius 3 is 2.49 bits per heavy atom. The Morgan fingerprint density at radius 1 is 0.918 bits per heavy atom. The molecule has 2 aliphatic carbocycles. The Bertz CT molecular complexity index is 2090. The van der Waals surface area contributed by atoms with Crippen molar-refractivity contribution < 1.29 is 14.0 Å². The number of benzene rings is 1. The fourth-order valence-corrected chi connectivity index (χ4v) is 6.71. The van der Waals surface area contributed by atoms with Gasteiger partial charge in [0.25, 0.3) is 23.0 Å². The molecular weight excluding hydrogens is 626 g/mol. The number of H-pyrrole nitrogens is 1. The highest BCUT2D eigenvalue weighted by Crippen LogP contribution is 2.63. The monoisotopic (exact) mass is 667 g/mol. The third-order valence-electron chi connectivity index (χ3n) is 9.71. The van der Waals surface area contributed by atoms with Crippen molar-refractivity contribution in [2.24, 2.45) is 11.3 Å². The Morgan fingerprint density at radius 2 is 1.71 bits per heavy atom. The zero-order chi connectivity index (χ0) is 33.8. The number of aromatic amines is 1. The second-order valence-corrected chi connectivity index (χ2v) is 13.2. The van der Waals surface area contributed by atoms with Crippen LogP contribution in [0.4, 0.5) is 0 Å². The summed E-state index contributed by atoms with van der Waals surface area (Å²) in [7, 11) is 0. The topological polar surface area (TPSA) is 160 Å².